The van der Waals surface area contributed by atoms with E-state index in [-0.39, 0.29) is 42.3 Å². The summed E-state index contributed by atoms with van der Waals surface area (Å²) in [6, 6.07) is 4.62. The standard InChI is InChI=1S/C25H36F3NO7SSi/c1-22(2,3)34-21(30)29-13-11-24(12-14-29)16-20(35-37(31,32)25(26,27)28)18-15-17(9-10-19(18)33-24)36-38(7,8)23(4,5)6/h9-10,15-16H,11-14H2,1-8H3/q-1. The number of alkyl halides is 3. The van der Waals surface area contributed by atoms with Crippen LogP contribution in [0.15, 0.2) is 24.3 Å². The first kappa shape index (κ1) is 30.1. The molecule has 0 aromatic heterocycles. The van der Waals surface area contributed by atoms with Gasteiger partial charge in [0.05, 0.1) is 11.3 Å². The van der Waals surface area contributed by atoms with Crippen molar-refractivity contribution in [3.05, 3.63) is 29.8 Å². The number of likely N-dealkylation sites (tertiary alicyclic amines) is 1. The third kappa shape index (κ3) is 6.59. The molecular weight excluding hydrogens is 543 g/mol. The smallest absolute Gasteiger partial charge is 0.534 e. The summed E-state index contributed by atoms with van der Waals surface area (Å²) in [6.07, 6.45) is 1.12. The van der Waals surface area contributed by atoms with Gasteiger partial charge in [0.25, 0.3) is 0 Å². The summed E-state index contributed by atoms with van der Waals surface area (Å²) < 4.78 is 86.3. The number of halogens is 3. The highest BCUT2D eigenvalue weighted by molar-refractivity contribution is 7.87. The number of nitrogens with zero attached hydrogens (tertiary/aromatic N) is 1. The summed E-state index contributed by atoms with van der Waals surface area (Å²) in [4.78, 5) is 14.0. The van der Waals surface area contributed by atoms with Crippen LogP contribution in [0.3, 0.4) is 0 Å². The van der Waals surface area contributed by atoms with Crippen LogP contribution in [0.5, 0.6) is 11.5 Å². The van der Waals surface area contributed by atoms with Crippen LogP contribution >= 0.6 is 0 Å². The molecule has 1 saturated heterocycles. The second kappa shape index (κ2) is 9.65. The molecule has 38 heavy (non-hydrogen) atoms. The molecule has 1 aromatic rings. The predicted molar refractivity (Wildman–Crippen MR) is 139 cm³/mol. The Hall–Kier alpha value is -2.41. The fourth-order valence-corrected chi connectivity index (χ4v) is 5.23. The molecule has 1 aromatic carbocycles. The van der Waals surface area contributed by atoms with Crippen molar-refractivity contribution in [2.75, 3.05) is 13.1 Å². The van der Waals surface area contributed by atoms with E-state index in [1.54, 1.807) is 26.8 Å². The Labute approximate surface area is 223 Å². The quantitative estimate of drug-likeness (QED) is 0.230. The van der Waals surface area contributed by atoms with Crippen molar-refractivity contribution in [2.45, 2.75) is 89.2 Å². The highest BCUT2D eigenvalue weighted by Crippen LogP contribution is 2.45. The SMILES string of the molecule is CC(C)(C)OC(=O)N1CCC2(C=C(OS(=O)(=O)C(F)(F)F)c3cc(O[Si-](C)(C)C(C)(C)C)ccc3O2)CC1. The van der Waals surface area contributed by atoms with E-state index < -0.39 is 47.0 Å². The molecule has 2 aliphatic heterocycles. The van der Waals surface area contributed by atoms with E-state index in [2.05, 4.69) is 4.18 Å². The van der Waals surface area contributed by atoms with Crippen LogP contribution in [0.4, 0.5) is 18.0 Å². The minimum atomic E-state index is -5.95. The van der Waals surface area contributed by atoms with E-state index in [4.69, 9.17) is 13.9 Å². The number of piperidine rings is 1. The largest absolute Gasteiger partial charge is 0.689 e. The molecule has 0 aliphatic carbocycles. The molecule has 1 fully saturated rings. The van der Waals surface area contributed by atoms with Crippen LogP contribution in [0.25, 0.3) is 5.76 Å². The highest BCUT2D eigenvalue weighted by Gasteiger charge is 2.50. The number of amides is 1. The average molecular weight is 580 g/mol. The fraction of sp³-hybridized carbons (Fsp3) is 0.640. The van der Waals surface area contributed by atoms with Crippen LogP contribution < -0.4 is 9.16 Å². The van der Waals surface area contributed by atoms with Gasteiger partial charge in [-0.1, -0.05) is 20.8 Å². The number of carbonyl (C=O) groups excluding carboxylic acids is 1. The lowest BCUT2D eigenvalue weighted by Gasteiger charge is -2.49. The van der Waals surface area contributed by atoms with Crippen molar-refractivity contribution >= 4 is 30.3 Å². The minimum absolute atomic E-state index is 0.0363. The molecule has 2 heterocycles. The van der Waals surface area contributed by atoms with Crippen molar-refractivity contribution in [3.63, 3.8) is 0 Å². The molecular formula is C25H36F3NO7SSi-. The van der Waals surface area contributed by atoms with E-state index >= 15 is 0 Å². The summed E-state index contributed by atoms with van der Waals surface area (Å²) in [5, 5.41) is -0.152. The third-order valence-electron chi connectivity index (χ3n) is 6.85. The summed E-state index contributed by atoms with van der Waals surface area (Å²) in [7, 11) is -8.26. The maximum absolute atomic E-state index is 13.3. The fourth-order valence-electron chi connectivity index (χ4n) is 3.74. The highest BCUT2D eigenvalue weighted by atomic mass is 32.2. The Morgan fingerprint density at radius 2 is 1.63 bits per heavy atom. The number of ether oxygens (including phenoxy) is 2. The lowest BCUT2D eigenvalue weighted by atomic mass is 9.87. The molecule has 215 valence electrons. The zero-order valence-electron chi connectivity index (χ0n) is 23.0. The van der Waals surface area contributed by atoms with Gasteiger partial charge < -0.3 is 23.0 Å². The average Bonchev–Trinajstić information content (AvgIpc) is 2.71. The Balaban J connectivity index is 1.97. The molecule has 3 rings (SSSR count). The van der Waals surface area contributed by atoms with E-state index in [9.17, 15) is 26.4 Å². The predicted octanol–water partition coefficient (Wildman–Crippen LogP) is 6.44. The van der Waals surface area contributed by atoms with Gasteiger partial charge >= 0.3 is 21.7 Å². The van der Waals surface area contributed by atoms with Crippen LogP contribution in [0, 0.1) is 0 Å². The molecule has 8 nitrogen and oxygen atoms in total. The first-order chi connectivity index (χ1) is 17.0. The molecule has 0 saturated carbocycles. The first-order valence-electron chi connectivity index (χ1n) is 12.3. The lowest BCUT2D eigenvalue weighted by Crippen LogP contribution is -2.50. The molecule has 0 bridgehead atoms. The second-order valence-electron chi connectivity index (χ2n) is 12.1. The molecule has 2 aliphatic rings. The van der Waals surface area contributed by atoms with Gasteiger partial charge in [-0.15, -0.1) is 18.1 Å². The zero-order chi connectivity index (χ0) is 28.9. The first-order valence-corrected chi connectivity index (χ1v) is 16.6. The van der Waals surface area contributed by atoms with E-state index in [1.165, 1.54) is 23.1 Å². The topological polar surface area (TPSA) is 91.4 Å². The number of rotatable bonds is 4. The number of fused-ring (bicyclic) bond motifs is 1. The molecule has 0 unspecified atom stereocenters. The summed E-state index contributed by atoms with van der Waals surface area (Å²) in [5.41, 5.74) is -7.45. The van der Waals surface area contributed by atoms with Gasteiger partial charge in [0, 0.05) is 40.3 Å². The van der Waals surface area contributed by atoms with Crippen LogP contribution in [0.2, 0.25) is 18.1 Å². The van der Waals surface area contributed by atoms with Crippen molar-refractivity contribution in [3.8, 4) is 11.5 Å². The number of carbonyl (C=O) groups is 1. The molecule has 0 radical (unpaired) electrons. The van der Waals surface area contributed by atoms with Crippen LogP contribution in [-0.4, -0.2) is 57.5 Å². The van der Waals surface area contributed by atoms with E-state index in [0.717, 1.165) is 0 Å². The molecule has 1 amide bonds. The van der Waals surface area contributed by atoms with Crippen molar-refractivity contribution in [2.24, 2.45) is 0 Å². The van der Waals surface area contributed by atoms with Crippen LogP contribution in [-0.2, 0) is 19.0 Å². The monoisotopic (exact) mass is 579 g/mol. The van der Waals surface area contributed by atoms with Gasteiger partial charge in [-0.3, -0.25) is 0 Å². The number of hydrogen-bond acceptors (Lipinski definition) is 7. The second-order valence-corrected chi connectivity index (χ2v) is 18.4. The Morgan fingerprint density at radius 1 is 1.05 bits per heavy atom. The minimum Gasteiger partial charge on any atom is -0.689 e. The van der Waals surface area contributed by atoms with Gasteiger partial charge in [0.2, 0.25) is 0 Å². The van der Waals surface area contributed by atoms with Crippen molar-refractivity contribution in [1.29, 1.82) is 0 Å². The Kier molecular flexibility index (Phi) is 7.65. The molecule has 0 N–H and O–H groups in total. The van der Waals surface area contributed by atoms with E-state index in [0.29, 0.717) is 5.75 Å². The maximum atomic E-state index is 13.3. The van der Waals surface area contributed by atoms with Crippen molar-refractivity contribution in [1.82, 2.24) is 4.90 Å². The maximum Gasteiger partial charge on any atom is 0.534 e. The van der Waals surface area contributed by atoms with Gasteiger partial charge in [0.15, 0.2) is 5.76 Å². The Bertz CT molecular complexity index is 1210. The number of benzene rings is 1. The van der Waals surface area contributed by atoms with Gasteiger partial charge in [0.1, 0.15) is 17.0 Å². The summed E-state index contributed by atoms with van der Waals surface area (Å²) in [6.45, 7) is 15.8. The van der Waals surface area contributed by atoms with Crippen LogP contribution in [0.1, 0.15) is 59.9 Å². The number of hydrogen-bond donors (Lipinski definition) is 0. The molecule has 0 atom stereocenters. The zero-order valence-corrected chi connectivity index (χ0v) is 24.8. The van der Waals surface area contributed by atoms with Gasteiger partial charge in [-0.05, 0) is 39.0 Å². The molecule has 13 heteroatoms. The molecule has 1 spiro atoms. The summed E-state index contributed by atoms with van der Waals surface area (Å²) in [5.74, 6) is 0.0386. The van der Waals surface area contributed by atoms with E-state index in [1.807, 2.05) is 33.9 Å². The lowest BCUT2D eigenvalue weighted by molar-refractivity contribution is -0.0512. The van der Waals surface area contributed by atoms with Crippen molar-refractivity contribution < 1.29 is 44.5 Å². The summed E-state index contributed by atoms with van der Waals surface area (Å²) >= 11 is 0. The van der Waals surface area contributed by atoms with Gasteiger partial charge in [-0.2, -0.15) is 21.6 Å². The Morgan fingerprint density at radius 3 is 2.13 bits per heavy atom. The normalized spacial score (nSPS) is 18.3. The third-order valence-corrected chi connectivity index (χ3v) is 12.2. The van der Waals surface area contributed by atoms with Gasteiger partial charge in [-0.25, -0.2) is 4.79 Å².